The SMILES string of the molecule is COc1ccc2nc(S[C@H](C)C(=O)N(CCC#N)c3ccccc3)[nH]c2c1. The highest BCUT2D eigenvalue weighted by Crippen LogP contribution is 2.27. The van der Waals surface area contributed by atoms with Gasteiger partial charge in [-0.15, -0.1) is 0 Å². The van der Waals surface area contributed by atoms with Crippen molar-refractivity contribution in [2.24, 2.45) is 0 Å². The average Bonchev–Trinajstić information content (AvgIpc) is 3.10. The molecule has 6 nitrogen and oxygen atoms in total. The molecule has 0 aliphatic carbocycles. The third-order valence-corrected chi connectivity index (χ3v) is 5.06. The number of carbonyl (C=O) groups excluding carboxylic acids is 1. The van der Waals surface area contributed by atoms with Crippen LogP contribution in [-0.4, -0.2) is 34.8 Å². The molecule has 1 amide bonds. The molecule has 0 bridgehead atoms. The lowest BCUT2D eigenvalue weighted by Gasteiger charge is -2.24. The average molecular weight is 380 g/mol. The summed E-state index contributed by atoms with van der Waals surface area (Å²) in [6, 6.07) is 17.1. The number of anilines is 1. The third kappa shape index (κ3) is 4.41. The number of carbonyl (C=O) groups is 1. The third-order valence-electron chi connectivity index (χ3n) is 4.08. The highest BCUT2D eigenvalue weighted by atomic mass is 32.2. The van der Waals surface area contributed by atoms with Crippen molar-refractivity contribution in [1.82, 2.24) is 9.97 Å². The summed E-state index contributed by atoms with van der Waals surface area (Å²) in [5.74, 6) is 0.693. The fourth-order valence-corrected chi connectivity index (χ4v) is 3.60. The summed E-state index contributed by atoms with van der Waals surface area (Å²) in [4.78, 5) is 22.4. The molecule has 0 radical (unpaired) electrons. The highest BCUT2D eigenvalue weighted by Gasteiger charge is 2.23. The van der Waals surface area contributed by atoms with Crippen LogP contribution in [0.1, 0.15) is 13.3 Å². The molecule has 1 atom stereocenters. The summed E-state index contributed by atoms with van der Waals surface area (Å²) in [7, 11) is 1.62. The first-order valence-corrected chi connectivity index (χ1v) is 9.44. The Bertz CT molecular complexity index is 965. The Morgan fingerprint density at radius 3 is 2.81 bits per heavy atom. The minimum atomic E-state index is -0.355. The van der Waals surface area contributed by atoms with Crippen molar-refractivity contribution in [3.8, 4) is 11.8 Å². The van der Waals surface area contributed by atoms with Gasteiger partial charge in [0.05, 0.1) is 35.9 Å². The Labute approximate surface area is 162 Å². The zero-order chi connectivity index (χ0) is 19.2. The van der Waals surface area contributed by atoms with Crippen LogP contribution in [0.25, 0.3) is 11.0 Å². The summed E-state index contributed by atoms with van der Waals surface area (Å²) in [5, 5.41) is 9.24. The number of fused-ring (bicyclic) bond motifs is 1. The number of imidazole rings is 1. The van der Waals surface area contributed by atoms with E-state index in [-0.39, 0.29) is 17.6 Å². The predicted octanol–water partition coefficient (Wildman–Crippen LogP) is 4.00. The lowest BCUT2D eigenvalue weighted by molar-refractivity contribution is -0.117. The molecule has 0 saturated carbocycles. The number of nitrogens with zero attached hydrogens (tertiary/aromatic N) is 3. The molecule has 1 heterocycles. The van der Waals surface area contributed by atoms with Crippen LogP contribution in [0.2, 0.25) is 0 Å². The number of nitriles is 1. The zero-order valence-corrected chi connectivity index (χ0v) is 16.0. The number of hydrogen-bond donors (Lipinski definition) is 1. The molecule has 0 aliphatic rings. The van der Waals surface area contributed by atoms with Gasteiger partial charge >= 0.3 is 0 Å². The lowest BCUT2D eigenvalue weighted by Crippen LogP contribution is -2.37. The van der Waals surface area contributed by atoms with Gasteiger partial charge in [-0.05, 0) is 31.2 Å². The molecule has 2 aromatic carbocycles. The van der Waals surface area contributed by atoms with Crippen molar-refractivity contribution in [2.75, 3.05) is 18.6 Å². The van der Waals surface area contributed by atoms with Crippen molar-refractivity contribution in [2.45, 2.75) is 23.8 Å². The predicted molar refractivity (Wildman–Crippen MR) is 107 cm³/mol. The maximum Gasteiger partial charge on any atom is 0.240 e. The molecule has 0 fully saturated rings. The number of rotatable bonds is 7. The Morgan fingerprint density at radius 2 is 2.11 bits per heavy atom. The molecule has 138 valence electrons. The second-order valence-corrected chi connectivity index (χ2v) is 7.25. The summed E-state index contributed by atoms with van der Waals surface area (Å²) in [6.45, 7) is 2.21. The second kappa shape index (κ2) is 8.60. The lowest BCUT2D eigenvalue weighted by atomic mass is 10.2. The standard InChI is InChI=1S/C20H20N4O2S/c1-14(19(25)24(12-6-11-21)15-7-4-3-5-8-15)27-20-22-17-10-9-16(26-2)13-18(17)23-20/h3-5,7-10,13-14H,6,12H2,1-2H3,(H,22,23)/t14-/m1/s1. The number of methoxy groups -OCH3 is 1. The molecule has 0 spiro atoms. The number of thioether (sulfide) groups is 1. The van der Waals surface area contributed by atoms with E-state index < -0.39 is 0 Å². The van der Waals surface area contributed by atoms with Crippen LogP contribution >= 0.6 is 11.8 Å². The number of hydrogen-bond acceptors (Lipinski definition) is 5. The summed E-state index contributed by atoms with van der Waals surface area (Å²) in [5.41, 5.74) is 2.47. The van der Waals surface area contributed by atoms with E-state index in [4.69, 9.17) is 10.00 Å². The van der Waals surface area contributed by atoms with Crippen LogP contribution in [-0.2, 0) is 4.79 Å². The van der Waals surface area contributed by atoms with Crippen LogP contribution in [0.3, 0.4) is 0 Å². The minimum Gasteiger partial charge on any atom is -0.497 e. The number of aromatic nitrogens is 2. The second-order valence-electron chi connectivity index (χ2n) is 5.92. The van der Waals surface area contributed by atoms with E-state index in [1.807, 2.05) is 55.5 Å². The van der Waals surface area contributed by atoms with E-state index in [9.17, 15) is 4.79 Å². The molecule has 1 N–H and O–H groups in total. The molecule has 27 heavy (non-hydrogen) atoms. The molecule has 1 aromatic heterocycles. The van der Waals surface area contributed by atoms with Gasteiger partial charge in [0.1, 0.15) is 5.75 Å². The van der Waals surface area contributed by atoms with Crippen molar-refractivity contribution >= 4 is 34.4 Å². The molecule has 3 aromatic rings. The van der Waals surface area contributed by atoms with Crippen LogP contribution < -0.4 is 9.64 Å². The number of benzene rings is 2. The van der Waals surface area contributed by atoms with Crippen LogP contribution in [0.4, 0.5) is 5.69 Å². The van der Waals surface area contributed by atoms with Crippen molar-refractivity contribution in [1.29, 1.82) is 5.26 Å². The Hall–Kier alpha value is -2.98. The monoisotopic (exact) mass is 380 g/mol. The van der Waals surface area contributed by atoms with Crippen molar-refractivity contribution in [3.63, 3.8) is 0 Å². The maximum atomic E-state index is 13.0. The first-order valence-electron chi connectivity index (χ1n) is 8.56. The van der Waals surface area contributed by atoms with Gasteiger partial charge in [-0.2, -0.15) is 5.26 Å². The molecule has 0 aliphatic heterocycles. The molecular formula is C20H20N4O2S. The van der Waals surface area contributed by atoms with Gasteiger partial charge in [0.15, 0.2) is 5.16 Å². The van der Waals surface area contributed by atoms with E-state index in [2.05, 4.69) is 16.0 Å². The summed E-state index contributed by atoms with van der Waals surface area (Å²) < 4.78 is 5.23. The largest absolute Gasteiger partial charge is 0.497 e. The van der Waals surface area contributed by atoms with Crippen LogP contribution in [0.5, 0.6) is 5.75 Å². The molecule has 0 unspecified atom stereocenters. The number of ether oxygens (including phenoxy) is 1. The van der Waals surface area contributed by atoms with Gasteiger partial charge < -0.3 is 14.6 Å². The topological polar surface area (TPSA) is 82.0 Å². The van der Waals surface area contributed by atoms with Crippen LogP contribution in [0.15, 0.2) is 53.7 Å². The Balaban J connectivity index is 1.78. The number of H-pyrrole nitrogens is 1. The van der Waals surface area contributed by atoms with Gasteiger partial charge in [0.25, 0.3) is 0 Å². The summed E-state index contributed by atoms with van der Waals surface area (Å²) >= 11 is 1.37. The molecule has 7 heteroatoms. The van der Waals surface area contributed by atoms with Gasteiger partial charge in [0, 0.05) is 18.3 Å². The smallest absolute Gasteiger partial charge is 0.240 e. The van der Waals surface area contributed by atoms with Crippen LogP contribution in [0, 0.1) is 11.3 Å². The van der Waals surface area contributed by atoms with E-state index in [0.717, 1.165) is 22.5 Å². The zero-order valence-electron chi connectivity index (χ0n) is 15.2. The van der Waals surface area contributed by atoms with Gasteiger partial charge in [-0.25, -0.2) is 4.98 Å². The van der Waals surface area contributed by atoms with E-state index in [0.29, 0.717) is 11.7 Å². The molecule has 0 saturated heterocycles. The van der Waals surface area contributed by atoms with E-state index in [1.54, 1.807) is 12.0 Å². The first-order chi connectivity index (χ1) is 13.1. The fourth-order valence-electron chi connectivity index (χ4n) is 2.72. The molecular weight excluding hydrogens is 360 g/mol. The minimum absolute atomic E-state index is 0.0560. The highest BCUT2D eigenvalue weighted by molar-refractivity contribution is 8.00. The number of amides is 1. The number of para-hydroxylation sites is 1. The van der Waals surface area contributed by atoms with E-state index >= 15 is 0 Å². The Kier molecular flexibility index (Phi) is 5.99. The normalized spacial score (nSPS) is 11.7. The van der Waals surface area contributed by atoms with Crippen molar-refractivity contribution < 1.29 is 9.53 Å². The van der Waals surface area contributed by atoms with Gasteiger partial charge in [0.2, 0.25) is 5.91 Å². The quantitative estimate of drug-likeness (QED) is 0.627. The van der Waals surface area contributed by atoms with Crippen molar-refractivity contribution in [3.05, 3.63) is 48.5 Å². The Morgan fingerprint density at radius 1 is 1.33 bits per heavy atom. The van der Waals surface area contributed by atoms with Gasteiger partial charge in [-0.1, -0.05) is 30.0 Å². The maximum absolute atomic E-state index is 13.0. The first kappa shape index (κ1) is 18.8. The fraction of sp³-hybridized carbons (Fsp3) is 0.250. The van der Waals surface area contributed by atoms with Gasteiger partial charge in [-0.3, -0.25) is 4.79 Å². The van der Waals surface area contributed by atoms with E-state index in [1.165, 1.54) is 11.8 Å². The molecule has 3 rings (SSSR count). The number of nitrogens with one attached hydrogen (secondary N) is 1. The number of aromatic amines is 1. The summed E-state index contributed by atoms with van der Waals surface area (Å²) in [6.07, 6.45) is 0.280.